The highest BCUT2D eigenvalue weighted by atomic mass is 35.5. The van der Waals surface area contributed by atoms with Crippen molar-refractivity contribution in [2.24, 2.45) is 0 Å². The van der Waals surface area contributed by atoms with E-state index < -0.39 is 0 Å². The van der Waals surface area contributed by atoms with Gasteiger partial charge in [-0.05, 0) is 42.0 Å². The lowest BCUT2D eigenvalue weighted by Crippen LogP contribution is -1.97. The molecule has 4 nitrogen and oxygen atoms in total. The van der Waals surface area contributed by atoms with Crippen LogP contribution in [0.15, 0.2) is 72.9 Å². The van der Waals surface area contributed by atoms with E-state index in [1.54, 1.807) is 6.07 Å². The van der Waals surface area contributed by atoms with E-state index in [0.717, 1.165) is 33.1 Å². The first-order chi connectivity index (χ1) is 15.1. The molecule has 5 rings (SSSR count). The average molecular weight is 443 g/mol. The Morgan fingerprint density at radius 2 is 1.84 bits per heavy atom. The summed E-state index contributed by atoms with van der Waals surface area (Å²) in [6, 6.07) is 23.8. The van der Waals surface area contributed by atoms with E-state index in [1.165, 1.54) is 0 Å². The van der Waals surface area contributed by atoms with Crippen molar-refractivity contribution < 1.29 is 0 Å². The largest absolute Gasteiger partial charge is 0.342 e. The van der Waals surface area contributed by atoms with Gasteiger partial charge in [0.05, 0.1) is 26.7 Å². The highest BCUT2D eigenvalue weighted by molar-refractivity contribution is 6.42. The lowest BCUT2D eigenvalue weighted by molar-refractivity contribution is 0.836. The third-order valence-corrected chi connectivity index (χ3v) is 5.96. The summed E-state index contributed by atoms with van der Waals surface area (Å²) < 4.78 is 2.15. The van der Waals surface area contributed by atoms with Gasteiger partial charge in [0.25, 0.3) is 0 Å². The summed E-state index contributed by atoms with van der Waals surface area (Å²) >= 11 is 12.3. The second-order valence-corrected chi connectivity index (χ2v) is 8.06. The Kier molecular flexibility index (Phi) is 4.99. The Balaban J connectivity index is 1.59. The zero-order valence-electron chi connectivity index (χ0n) is 16.3. The fourth-order valence-electron chi connectivity index (χ4n) is 3.75. The van der Waals surface area contributed by atoms with Crippen LogP contribution in [0.3, 0.4) is 0 Å². The summed E-state index contributed by atoms with van der Waals surface area (Å²) in [6.45, 7) is 0.637. The van der Waals surface area contributed by atoms with Crippen LogP contribution in [-0.2, 0) is 6.54 Å². The molecule has 0 atom stereocenters. The molecule has 31 heavy (non-hydrogen) atoms. The van der Waals surface area contributed by atoms with Gasteiger partial charge in [0.15, 0.2) is 0 Å². The first kappa shape index (κ1) is 19.4. The molecule has 0 saturated carbocycles. The number of allylic oxidation sites excluding steroid dienone is 1. The number of hydrogen-bond acceptors (Lipinski definition) is 2. The topological polar surface area (TPSA) is 57.4 Å². The van der Waals surface area contributed by atoms with Gasteiger partial charge in [-0.15, -0.1) is 0 Å². The highest BCUT2D eigenvalue weighted by Crippen LogP contribution is 2.28. The normalized spacial score (nSPS) is 11.8. The zero-order chi connectivity index (χ0) is 21.4. The SMILES string of the molecule is N#C/C(=C\c1cn(Cc2ccc(Cl)c(Cl)c2)c2ccccc12)c1nc2ccccc2[nH]1. The number of nitrogens with one attached hydrogen (secondary N) is 1. The first-order valence-corrected chi connectivity index (χ1v) is 10.5. The molecular weight excluding hydrogens is 427 g/mol. The van der Waals surface area contributed by atoms with E-state index in [2.05, 4.69) is 32.7 Å². The van der Waals surface area contributed by atoms with Crippen molar-refractivity contribution in [2.75, 3.05) is 0 Å². The van der Waals surface area contributed by atoms with Crippen LogP contribution < -0.4 is 0 Å². The number of hydrogen-bond donors (Lipinski definition) is 1. The number of aromatic amines is 1. The molecule has 2 aromatic heterocycles. The molecule has 1 N–H and O–H groups in total. The maximum Gasteiger partial charge on any atom is 0.149 e. The van der Waals surface area contributed by atoms with Gasteiger partial charge in [-0.25, -0.2) is 4.98 Å². The molecule has 0 aliphatic heterocycles. The third kappa shape index (κ3) is 3.70. The number of nitrogens with zero attached hydrogens (tertiary/aromatic N) is 3. The fourth-order valence-corrected chi connectivity index (χ4v) is 4.07. The molecule has 0 aliphatic rings. The molecule has 0 amide bonds. The molecule has 0 saturated heterocycles. The van der Waals surface area contributed by atoms with Gasteiger partial charge in [-0.3, -0.25) is 0 Å². The van der Waals surface area contributed by atoms with Crippen LogP contribution in [0.4, 0.5) is 0 Å². The second-order valence-electron chi connectivity index (χ2n) is 7.25. The number of H-pyrrole nitrogens is 1. The van der Waals surface area contributed by atoms with Crippen molar-refractivity contribution >= 4 is 56.8 Å². The summed E-state index contributed by atoms with van der Waals surface area (Å²) in [5, 5.41) is 12.0. The van der Waals surface area contributed by atoms with Crippen LogP contribution in [0.1, 0.15) is 17.0 Å². The summed E-state index contributed by atoms with van der Waals surface area (Å²) in [5.74, 6) is 0.560. The molecule has 0 radical (unpaired) electrons. The van der Waals surface area contributed by atoms with Crippen molar-refractivity contribution in [2.45, 2.75) is 6.54 Å². The molecule has 0 bridgehead atoms. The lowest BCUT2D eigenvalue weighted by atomic mass is 10.1. The van der Waals surface area contributed by atoms with E-state index in [9.17, 15) is 5.26 Å². The Labute approximate surface area is 189 Å². The van der Waals surface area contributed by atoms with Gasteiger partial charge in [0.2, 0.25) is 0 Å². The second kappa shape index (κ2) is 7.96. The van der Waals surface area contributed by atoms with Crippen molar-refractivity contribution in [3.63, 3.8) is 0 Å². The van der Waals surface area contributed by atoms with Crippen molar-refractivity contribution in [3.05, 3.63) is 99.9 Å². The maximum absolute atomic E-state index is 9.82. The molecule has 0 aliphatic carbocycles. The van der Waals surface area contributed by atoms with Crippen LogP contribution in [0.2, 0.25) is 10.0 Å². The number of rotatable bonds is 4. The Morgan fingerprint density at radius 1 is 1.03 bits per heavy atom. The Hall–Kier alpha value is -3.52. The number of imidazole rings is 1. The standard InChI is InChI=1S/C25H16Cl2N4/c26-20-10-9-16(11-21(20)27)14-31-15-18(19-5-1-4-8-24(19)31)12-17(13-28)25-29-22-6-2-3-7-23(22)30-25/h1-12,15H,14H2,(H,29,30)/b17-12+. The van der Waals surface area contributed by atoms with Crippen LogP contribution in [0.5, 0.6) is 0 Å². The van der Waals surface area contributed by atoms with E-state index in [4.69, 9.17) is 23.2 Å². The predicted octanol–water partition coefficient (Wildman–Crippen LogP) is 6.94. The van der Waals surface area contributed by atoms with Gasteiger partial charge >= 0.3 is 0 Å². The molecule has 6 heteroatoms. The number of fused-ring (bicyclic) bond motifs is 2. The predicted molar refractivity (Wildman–Crippen MR) is 127 cm³/mol. The van der Waals surface area contributed by atoms with Crippen LogP contribution in [-0.4, -0.2) is 14.5 Å². The van der Waals surface area contributed by atoms with E-state index in [1.807, 2.05) is 60.8 Å². The van der Waals surface area contributed by atoms with Crippen molar-refractivity contribution in [3.8, 4) is 6.07 Å². The minimum Gasteiger partial charge on any atom is -0.342 e. The minimum atomic E-state index is 0.480. The lowest BCUT2D eigenvalue weighted by Gasteiger charge is -2.06. The quantitative estimate of drug-likeness (QED) is 0.306. The highest BCUT2D eigenvalue weighted by Gasteiger charge is 2.12. The maximum atomic E-state index is 9.82. The molecule has 0 unspecified atom stereocenters. The summed E-state index contributed by atoms with van der Waals surface area (Å²) in [6.07, 6.45) is 3.93. The van der Waals surface area contributed by atoms with Crippen molar-refractivity contribution in [1.29, 1.82) is 5.26 Å². The monoisotopic (exact) mass is 442 g/mol. The van der Waals surface area contributed by atoms with Gasteiger partial charge < -0.3 is 9.55 Å². The summed E-state index contributed by atoms with van der Waals surface area (Å²) in [7, 11) is 0. The average Bonchev–Trinajstić information content (AvgIpc) is 3.36. The van der Waals surface area contributed by atoms with Crippen LogP contribution >= 0.6 is 23.2 Å². The van der Waals surface area contributed by atoms with Gasteiger partial charge in [0, 0.05) is 29.2 Å². The molecule has 3 aromatic carbocycles. The van der Waals surface area contributed by atoms with E-state index in [-0.39, 0.29) is 0 Å². The summed E-state index contributed by atoms with van der Waals surface area (Å²) in [5.41, 5.74) is 5.29. The van der Waals surface area contributed by atoms with Crippen LogP contribution in [0.25, 0.3) is 33.6 Å². The number of aromatic nitrogens is 3. The van der Waals surface area contributed by atoms with Gasteiger partial charge in [-0.2, -0.15) is 5.26 Å². The van der Waals surface area contributed by atoms with E-state index in [0.29, 0.717) is 28.0 Å². The molecule has 2 heterocycles. The fraction of sp³-hybridized carbons (Fsp3) is 0.0400. The smallest absolute Gasteiger partial charge is 0.149 e. The van der Waals surface area contributed by atoms with Crippen LogP contribution in [0, 0.1) is 11.3 Å². The van der Waals surface area contributed by atoms with Gasteiger partial charge in [0.1, 0.15) is 11.9 Å². The first-order valence-electron chi connectivity index (χ1n) is 9.71. The number of nitriles is 1. The Bertz CT molecular complexity index is 1470. The number of benzene rings is 3. The third-order valence-electron chi connectivity index (χ3n) is 5.22. The molecule has 0 fully saturated rings. The number of halogens is 2. The molecule has 0 spiro atoms. The minimum absolute atomic E-state index is 0.480. The van der Waals surface area contributed by atoms with Crippen molar-refractivity contribution in [1.82, 2.24) is 14.5 Å². The Morgan fingerprint density at radius 3 is 2.65 bits per heavy atom. The molecule has 5 aromatic rings. The van der Waals surface area contributed by atoms with Gasteiger partial charge in [-0.1, -0.05) is 59.6 Å². The molecule has 150 valence electrons. The van der Waals surface area contributed by atoms with E-state index >= 15 is 0 Å². The summed E-state index contributed by atoms with van der Waals surface area (Å²) in [4.78, 5) is 7.81. The molecular formula is C25H16Cl2N4. The number of para-hydroxylation sites is 3. The zero-order valence-corrected chi connectivity index (χ0v) is 17.8.